The highest BCUT2D eigenvalue weighted by Crippen LogP contribution is 2.32. The molecule has 0 aromatic carbocycles. The molecule has 3 rings (SSSR count). The standard InChI is InChI=1S/C16H27N3S/c1-3-6-14-15(11-17-12-9-10-12)20-16(18-14)19(2)13-7-4-5-8-13/h12-13,17H,3-11H2,1-2H3. The lowest BCUT2D eigenvalue weighted by Gasteiger charge is -2.23. The van der Waals surface area contributed by atoms with Crippen LogP contribution in [0.3, 0.4) is 0 Å². The highest BCUT2D eigenvalue weighted by Gasteiger charge is 2.24. The minimum absolute atomic E-state index is 0.722. The molecule has 1 aromatic heterocycles. The van der Waals surface area contributed by atoms with Crippen LogP contribution in [0.15, 0.2) is 0 Å². The molecule has 0 amide bonds. The molecule has 0 spiro atoms. The predicted molar refractivity (Wildman–Crippen MR) is 86.6 cm³/mol. The number of aromatic nitrogens is 1. The Morgan fingerprint density at radius 3 is 2.65 bits per heavy atom. The molecule has 3 nitrogen and oxygen atoms in total. The van der Waals surface area contributed by atoms with Gasteiger partial charge in [0.15, 0.2) is 5.13 Å². The third kappa shape index (κ3) is 3.34. The summed E-state index contributed by atoms with van der Waals surface area (Å²) in [4.78, 5) is 8.86. The van der Waals surface area contributed by atoms with E-state index in [2.05, 4.69) is 24.2 Å². The Balaban J connectivity index is 1.70. The molecule has 0 radical (unpaired) electrons. The van der Waals surface area contributed by atoms with Gasteiger partial charge in [0.2, 0.25) is 0 Å². The van der Waals surface area contributed by atoms with E-state index in [1.807, 2.05) is 11.3 Å². The molecule has 0 atom stereocenters. The van der Waals surface area contributed by atoms with Gasteiger partial charge >= 0.3 is 0 Å². The molecule has 2 aliphatic carbocycles. The van der Waals surface area contributed by atoms with E-state index in [0.717, 1.165) is 25.0 Å². The van der Waals surface area contributed by atoms with Crippen molar-refractivity contribution in [3.05, 3.63) is 10.6 Å². The van der Waals surface area contributed by atoms with Crippen LogP contribution < -0.4 is 10.2 Å². The molecule has 0 saturated heterocycles. The van der Waals surface area contributed by atoms with E-state index in [0.29, 0.717) is 0 Å². The molecule has 0 aliphatic heterocycles. The topological polar surface area (TPSA) is 28.2 Å². The van der Waals surface area contributed by atoms with Crippen LogP contribution in [-0.2, 0) is 13.0 Å². The Morgan fingerprint density at radius 1 is 1.25 bits per heavy atom. The lowest BCUT2D eigenvalue weighted by Crippen LogP contribution is -2.28. The summed E-state index contributed by atoms with van der Waals surface area (Å²) in [6.45, 7) is 3.27. The van der Waals surface area contributed by atoms with Crippen LogP contribution in [0.25, 0.3) is 0 Å². The molecule has 20 heavy (non-hydrogen) atoms. The van der Waals surface area contributed by atoms with Gasteiger partial charge in [0.25, 0.3) is 0 Å². The van der Waals surface area contributed by atoms with Crippen LogP contribution in [0.2, 0.25) is 0 Å². The zero-order chi connectivity index (χ0) is 13.9. The van der Waals surface area contributed by atoms with Gasteiger partial charge in [-0.3, -0.25) is 0 Å². The fourth-order valence-electron chi connectivity index (χ4n) is 3.06. The zero-order valence-electron chi connectivity index (χ0n) is 12.8. The number of hydrogen-bond donors (Lipinski definition) is 1. The molecule has 0 bridgehead atoms. The molecular weight excluding hydrogens is 266 g/mol. The minimum atomic E-state index is 0.722. The summed E-state index contributed by atoms with van der Waals surface area (Å²) in [7, 11) is 2.24. The van der Waals surface area contributed by atoms with Gasteiger partial charge in [-0.2, -0.15) is 0 Å². The van der Waals surface area contributed by atoms with E-state index in [1.54, 1.807) is 0 Å². The van der Waals surface area contributed by atoms with E-state index in [9.17, 15) is 0 Å². The first-order valence-electron chi connectivity index (χ1n) is 8.22. The summed E-state index contributed by atoms with van der Waals surface area (Å²) in [5.74, 6) is 0. The fourth-order valence-corrected chi connectivity index (χ4v) is 4.15. The molecular formula is C16H27N3S. The van der Waals surface area contributed by atoms with Gasteiger partial charge in [-0.05, 0) is 32.1 Å². The van der Waals surface area contributed by atoms with Gasteiger partial charge < -0.3 is 10.2 Å². The van der Waals surface area contributed by atoms with Crippen molar-refractivity contribution in [3.8, 4) is 0 Å². The molecule has 112 valence electrons. The van der Waals surface area contributed by atoms with Crippen molar-refractivity contribution in [2.24, 2.45) is 0 Å². The SMILES string of the molecule is CCCc1nc(N(C)C2CCCC2)sc1CNC1CC1. The summed E-state index contributed by atoms with van der Waals surface area (Å²) in [5.41, 5.74) is 1.34. The van der Waals surface area contributed by atoms with Crippen LogP contribution in [-0.4, -0.2) is 24.1 Å². The van der Waals surface area contributed by atoms with Gasteiger partial charge in [0.05, 0.1) is 5.69 Å². The number of hydrogen-bond acceptors (Lipinski definition) is 4. The number of rotatable bonds is 7. The van der Waals surface area contributed by atoms with Crippen molar-refractivity contribution < 1.29 is 0 Å². The van der Waals surface area contributed by atoms with Crippen molar-refractivity contribution in [3.63, 3.8) is 0 Å². The quantitative estimate of drug-likeness (QED) is 0.830. The largest absolute Gasteiger partial charge is 0.348 e. The minimum Gasteiger partial charge on any atom is -0.348 e. The Kier molecular flexibility index (Phi) is 4.61. The van der Waals surface area contributed by atoms with Gasteiger partial charge in [0, 0.05) is 30.6 Å². The van der Waals surface area contributed by atoms with E-state index >= 15 is 0 Å². The van der Waals surface area contributed by atoms with Crippen molar-refractivity contribution in [2.45, 2.75) is 76.9 Å². The average molecular weight is 293 g/mol. The highest BCUT2D eigenvalue weighted by molar-refractivity contribution is 7.15. The Labute approximate surface area is 126 Å². The maximum Gasteiger partial charge on any atom is 0.185 e. The summed E-state index contributed by atoms with van der Waals surface area (Å²) >= 11 is 1.92. The van der Waals surface area contributed by atoms with Gasteiger partial charge in [-0.1, -0.05) is 26.2 Å². The van der Waals surface area contributed by atoms with E-state index < -0.39 is 0 Å². The molecule has 1 aromatic rings. The van der Waals surface area contributed by atoms with E-state index in [1.165, 1.54) is 60.6 Å². The molecule has 2 saturated carbocycles. The molecule has 0 unspecified atom stereocenters. The van der Waals surface area contributed by atoms with Crippen molar-refractivity contribution >= 4 is 16.5 Å². The van der Waals surface area contributed by atoms with Crippen LogP contribution in [0, 0.1) is 0 Å². The Hall–Kier alpha value is -0.610. The van der Waals surface area contributed by atoms with Crippen molar-refractivity contribution in [2.75, 3.05) is 11.9 Å². The lowest BCUT2D eigenvalue weighted by molar-refractivity contribution is 0.650. The number of anilines is 1. The Morgan fingerprint density at radius 2 is 2.00 bits per heavy atom. The van der Waals surface area contributed by atoms with Gasteiger partial charge in [-0.15, -0.1) is 11.3 Å². The summed E-state index contributed by atoms with van der Waals surface area (Å²) in [6, 6.07) is 1.50. The van der Waals surface area contributed by atoms with Crippen LogP contribution in [0.1, 0.15) is 62.4 Å². The Bertz CT molecular complexity index is 433. The van der Waals surface area contributed by atoms with E-state index in [4.69, 9.17) is 4.98 Å². The van der Waals surface area contributed by atoms with Crippen molar-refractivity contribution in [1.29, 1.82) is 0 Å². The first-order valence-corrected chi connectivity index (χ1v) is 9.04. The van der Waals surface area contributed by atoms with Crippen LogP contribution in [0.5, 0.6) is 0 Å². The number of aryl methyl sites for hydroxylation is 1. The number of thiazole rings is 1. The highest BCUT2D eigenvalue weighted by atomic mass is 32.1. The van der Waals surface area contributed by atoms with Crippen LogP contribution in [0.4, 0.5) is 5.13 Å². The maximum atomic E-state index is 4.95. The van der Waals surface area contributed by atoms with Crippen LogP contribution >= 0.6 is 11.3 Å². The fraction of sp³-hybridized carbons (Fsp3) is 0.812. The van der Waals surface area contributed by atoms with Gasteiger partial charge in [0.1, 0.15) is 0 Å². The third-order valence-corrected chi connectivity index (χ3v) is 5.74. The van der Waals surface area contributed by atoms with E-state index in [-0.39, 0.29) is 0 Å². The second-order valence-electron chi connectivity index (χ2n) is 6.32. The smallest absolute Gasteiger partial charge is 0.185 e. The number of nitrogens with one attached hydrogen (secondary N) is 1. The first kappa shape index (κ1) is 14.3. The maximum absolute atomic E-state index is 4.95. The molecule has 1 N–H and O–H groups in total. The molecule has 1 heterocycles. The summed E-state index contributed by atoms with van der Waals surface area (Å²) in [5, 5.41) is 4.89. The molecule has 2 fully saturated rings. The monoisotopic (exact) mass is 293 g/mol. The second-order valence-corrected chi connectivity index (χ2v) is 7.38. The predicted octanol–water partition coefficient (Wildman–Crippen LogP) is 3.73. The van der Waals surface area contributed by atoms with Crippen molar-refractivity contribution in [1.82, 2.24) is 10.3 Å². The third-order valence-electron chi connectivity index (χ3n) is 4.56. The number of nitrogens with zero attached hydrogens (tertiary/aromatic N) is 2. The first-order chi connectivity index (χ1) is 9.78. The summed E-state index contributed by atoms with van der Waals surface area (Å²) < 4.78 is 0. The summed E-state index contributed by atoms with van der Waals surface area (Å²) in [6.07, 6.45) is 10.5. The lowest BCUT2D eigenvalue weighted by atomic mass is 10.2. The molecule has 4 heteroatoms. The molecule has 2 aliphatic rings. The normalized spacial score (nSPS) is 19.7. The second kappa shape index (κ2) is 6.44. The zero-order valence-corrected chi connectivity index (χ0v) is 13.6. The van der Waals surface area contributed by atoms with Gasteiger partial charge in [-0.25, -0.2) is 4.98 Å². The average Bonchev–Trinajstić information content (AvgIpc) is 2.97.